The Bertz CT molecular complexity index is 584. The van der Waals surface area contributed by atoms with Crippen LogP contribution in [0.5, 0.6) is 0 Å². The molecule has 92 valence electrons. The van der Waals surface area contributed by atoms with Gasteiger partial charge in [0.2, 0.25) is 0 Å². The molecule has 0 saturated heterocycles. The molecule has 1 aromatic carbocycles. The van der Waals surface area contributed by atoms with Crippen LogP contribution in [0.25, 0.3) is 0 Å². The Labute approximate surface area is 106 Å². The van der Waals surface area contributed by atoms with Crippen LogP contribution >= 0.6 is 0 Å². The Morgan fingerprint density at radius 1 is 1.33 bits per heavy atom. The summed E-state index contributed by atoms with van der Waals surface area (Å²) in [6.45, 7) is 4.29. The minimum Gasteiger partial charge on any atom is -0.329 e. The third kappa shape index (κ3) is 1.58. The van der Waals surface area contributed by atoms with Gasteiger partial charge in [-0.15, -0.1) is 0 Å². The molecule has 3 nitrogen and oxygen atoms in total. The molecule has 0 amide bonds. The molecule has 0 spiro atoms. The van der Waals surface area contributed by atoms with Crippen LogP contribution in [0.2, 0.25) is 0 Å². The molecule has 1 heterocycles. The molecule has 0 bridgehead atoms. The second kappa shape index (κ2) is 3.80. The first-order valence-electron chi connectivity index (χ1n) is 6.19. The topological polar surface area (TPSA) is 34.9 Å². The number of rotatable bonds is 1. The smallest absolute Gasteiger partial charge is 0.163 e. The van der Waals surface area contributed by atoms with Gasteiger partial charge in [-0.2, -0.15) is 0 Å². The summed E-state index contributed by atoms with van der Waals surface area (Å²) in [5.41, 5.74) is 1.87. The average molecular weight is 240 g/mol. The van der Waals surface area contributed by atoms with Gasteiger partial charge in [0.1, 0.15) is 0 Å². The molecule has 1 atom stereocenters. The molecule has 1 aliphatic rings. The Morgan fingerprint density at radius 3 is 2.83 bits per heavy atom. The summed E-state index contributed by atoms with van der Waals surface area (Å²) in [6, 6.07) is 8.08. The van der Waals surface area contributed by atoms with Crippen LogP contribution in [0, 0.1) is 5.41 Å². The highest BCUT2D eigenvalue weighted by atomic mass is 16.1. The largest absolute Gasteiger partial charge is 0.329 e. The summed E-state index contributed by atoms with van der Waals surface area (Å²) in [7, 11) is 0. The van der Waals surface area contributed by atoms with Crippen molar-refractivity contribution in [2.45, 2.75) is 26.3 Å². The molecular weight excluding hydrogens is 224 g/mol. The number of carbonyl (C=O) groups excluding carboxylic acids is 1. The maximum atomic E-state index is 12.2. The van der Waals surface area contributed by atoms with Crippen LogP contribution in [0.1, 0.15) is 42.2 Å². The SMILES string of the molecule is CC1(C)CC(=O)c2ccccc2C1n1ccnc1. The van der Waals surface area contributed by atoms with E-state index >= 15 is 0 Å². The van der Waals surface area contributed by atoms with Crippen LogP contribution < -0.4 is 0 Å². The van der Waals surface area contributed by atoms with Gasteiger partial charge in [-0.05, 0) is 11.0 Å². The Morgan fingerprint density at radius 2 is 2.11 bits per heavy atom. The molecule has 3 heteroatoms. The first kappa shape index (κ1) is 11.2. The molecule has 0 radical (unpaired) electrons. The number of Topliss-reactive ketones (excluding diaryl/α,β-unsaturated/α-hetero) is 1. The number of carbonyl (C=O) groups is 1. The lowest BCUT2D eigenvalue weighted by Gasteiger charge is -2.39. The van der Waals surface area contributed by atoms with E-state index < -0.39 is 0 Å². The molecule has 0 saturated carbocycles. The summed E-state index contributed by atoms with van der Waals surface area (Å²) in [4.78, 5) is 16.3. The van der Waals surface area contributed by atoms with Crippen LogP contribution in [0.4, 0.5) is 0 Å². The molecule has 1 aromatic heterocycles. The fourth-order valence-electron chi connectivity index (χ4n) is 3.00. The molecule has 2 aromatic rings. The fourth-order valence-corrected chi connectivity index (χ4v) is 3.00. The normalized spacial score (nSPS) is 21.7. The zero-order valence-electron chi connectivity index (χ0n) is 10.6. The number of imidazole rings is 1. The van der Waals surface area contributed by atoms with Crippen LogP contribution in [0.3, 0.4) is 0 Å². The fraction of sp³-hybridized carbons (Fsp3) is 0.333. The monoisotopic (exact) mass is 240 g/mol. The molecule has 0 N–H and O–H groups in total. The van der Waals surface area contributed by atoms with E-state index in [1.807, 2.05) is 30.7 Å². The highest BCUT2D eigenvalue weighted by molar-refractivity contribution is 5.99. The van der Waals surface area contributed by atoms with E-state index in [-0.39, 0.29) is 17.2 Å². The molecule has 1 unspecified atom stereocenters. The zero-order valence-corrected chi connectivity index (χ0v) is 10.6. The first-order valence-corrected chi connectivity index (χ1v) is 6.19. The number of hydrogen-bond acceptors (Lipinski definition) is 2. The summed E-state index contributed by atoms with van der Waals surface area (Å²) in [6.07, 6.45) is 6.17. The quantitative estimate of drug-likeness (QED) is 0.767. The molecule has 18 heavy (non-hydrogen) atoms. The standard InChI is InChI=1S/C15H16N2O/c1-15(2)9-13(18)11-5-3-4-6-12(11)14(15)17-8-7-16-10-17/h3-8,10,14H,9H2,1-2H3. The lowest BCUT2D eigenvalue weighted by molar-refractivity contribution is 0.0868. The van der Waals surface area contributed by atoms with Crippen molar-refractivity contribution in [1.82, 2.24) is 9.55 Å². The molecule has 0 aliphatic heterocycles. The predicted molar refractivity (Wildman–Crippen MR) is 69.5 cm³/mol. The van der Waals surface area contributed by atoms with Crippen molar-refractivity contribution in [3.8, 4) is 0 Å². The van der Waals surface area contributed by atoms with Gasteiger partial charge in [0.25, 0.3) is 0 Å². The number of aromatic nitrogens is 2. The number of benzene rings is 1. The Balaban J connectivity index is 2.22. The van der Waals surface area contributed by atoms with Crippen LogP contribution in [-0.4, -0.2) is 15.3 Å². The number of fused-ring (bicyclic) bond motifs is 1. The second-order valence-electron chi connectivity index (χ2n) is 5.59. The minimum absolute atomic E-state index is 0.0911. The summed E-state index contributed by atoms with van der Waals surface area (Å²) < 4.78 is 2.10. The van der Waals surface area contributed by atoms with Gasteiger partial charge >= 0.3 is 0 Å². The third-order valence-electron chi connectivity index (χ3n) is 3.74. The van der Waals surface area contributed by atoms with Crippen molar-refractivity contribution in [3.63, 3.8) is 0 Å². The molecule has 3 rings (SSSR count). The van der Waals surface area contributed by atoms with E-state index in [1.54, 1.807) is 6.20 Å². The maximum Gasteiger partial charge on any atom is 0.163 e. The number of nitrogens with zero attached hydrogens (tertiary/aromatic N) is 2. The van der Waals surface area contributed by atoms with Crippen LogP contribution in [-0.2, 0) is 0 Å². The van der Waals surface area contributed by atoms with E-state index in [0.29, 0.717) is 6.42 Å². The Kier molecular flexibility index (Phi) is 2.37. The first-order chi connectivity index (χ1) is 8.59. The van der Waals surface area contributed by atoms with Crippen LogP contribution in [0.15, 0.2) is 43.0 Å². The minimum atomic E-state index is -0.0911. The van der Waals surface area contributed by atoms with Crippen molar-refractivity contribution in [1.29, 1.82) is 0 Å². The van der Waals surface area contributed by atoms with Gasteiger partial charge in [-0.25, -0.2) is 4.98 Å². The van der Waals surface area contributed by atoms with Gasteiger partial charge in [0, 0.05) is 24.4 Å². The van der Waals surface area contributed by atoms with Crippen molar-refractivity contribution >= 4 is 5.78 Å². The van der Waals surface area contributed by atoms with E-state index in [0.717, 1.165) is 11.1 Å². The highest BCUT2D eigenvalue weighted by Gasteiger charge is 2.40. The number of ketones is 1. The lowest BCUT2D eigenvalue weighted by atomic mass is 9.69. The molecular formula is C15H16N2O. The third-order valence-corrected chi connectivity index (χ3v) is 3.74. The molecule has 0 fully saturated rings. The van der Waals surface area contributed by atoms with E-state index in [2.05, 4.69) is 29.5 Å². The van der Waals surface area contributed by atoms with E-state index in [4.69, 9.17) is 0 Å². The van der Waals surface area contributed by atoms with Gasteiger partial charge in [-0.3, -0.25) is 4.79 Å². The summed E-state index contributed by atoms with van der Waals surface area (Å²) in [5.74, 6) is 0.243. The highest BCUT2D eigenvalue weighted by Crippen LogP contribution is 2.45. The summed E-state index contributed by atoms with van der Waals surface area (Å²) >= 11 is 0. The van der Waals surface area contributed by atoms with E-state index in [1.165, 1.54) is 0 Å². The predicted octanol–water partition coefficient (Wildman–Crippen LogP) is 3.09. The molecule has 1 aliphatic carbocycles. The lowest BCUT2D eigenvalue weighted by Crippen LogP contribution is -2.35. The maximum absolute atomic E-state index is 12.2. The second-order valence-corrected chi connectivity index (χ2v) is 5.59. The van der Waals surface area contributed by atoms with E-state index in [9.17, 15) is 4.79 Å². The van der Waals surface area contributed by atoms with Gasteiger partial charge in [0.05, 0.1) is 12.4 Å². The van der Waals surface area contributed by atoms with Gasteiger partial charge in [-0.1, -0.05) is 38.1 Å². The Hall–Kier alpha value is -1.90. The van der Waals surface area contributed by atoms with Crippen molar-refractivity contribution < 1.29 is 4.79 Å². The van der Waals surface area contributed by atoms with Crippen molar-refractivity contribution in [2.75, 3.05) is 0 Å². The average Bonchev–Trinajstić information content (AvgIpc) is 2.81. The summed E-state index contributed by atoms with van der Waals surface area (Å²) in [5, 5.41) is 0. The van der Waals surface area contributed by atoms with Gasteiger partial charge < -0.3 is 4.57 Å². The van der Waals surface area contributed by atoms with Crippen molar-refractivity contribution in [3.05, 3.63) is 54.1 Å². The zero-order chi connectivity index (χ0) is 12.8. The van der Waals surface area contributed by atoms with Gasteiger partial charge in [0.15, 0.2) is 5.78 Å². The number of hydrogen-bond donors (Lipinski definition) is 0. The van der Waals surface area contributed by atoms with Crippen molar-refractivity contribution in [2.24, 2.45) is 5.41 Å².